The van der Waals surface area contributed by atoms with Crippen LogP contribution in [-0.4, -0.2) is 50.6 Å². The molecule has 0 bridgehead atoms. The number of carboxylic acid groups (broad SMARTS) is 1. The van der Waals surface area contributed by atoms with E-state index in [1.54, 1.807) is 6.07 Å². The van der Waals surface area contributed by atoms with E-state index in [4.69, 9.17) is 9.84 Å². The van der Waals surface area contributed by atoms with Gasteiger partial charge in [0.2, 0.25) is 10.0 Å². The Kier molecular flexibility index (Phi) is 6.79. The first-order valence-corrected chi connectivity index (χ1v) is 8.89. The van der Waals surface area contributed by atoms with Crippen LogP contribution in [0.3, 0.4) is 0 Å². The number of aliphatic carboxylic acids is 1. The van der Waals surface area contributed by atoms with E-state index in [0.29, 0.717) is 8.95 Å². The Balaban J connectivity index is 3.27. The van der Waals surface area contributed by atoms with E-state index in [9.17, 15) is 13.2 Å². The van der Waals surface area contributed by atoms with Crippen molar-refractivity contribution in [3.8, 4) is 0 Å². The number of benzene rings is 1. The zero-order valence-electron chi connectivity index (χ0n) is 11.5. The Hall–Kier alpha value is -0.480. The third-order valence-corrected chi connectivity index (χ3v) is 6.35. The Morgan fingerprint density at radius 2 is 1.95 bits per heavy atom. The second-order valence-electron chi connectivity index (χ2n) is 4.26. The molecule has 0 aromatic heterocycles. The Morgan fingerprint density at radius 1 is 1.33 bits per heavy atom. The Bertz CT molecular complexity index is 633. The number of carbonyl (C=O) groups is 1. The molecule has 0 amide bonds. The second-order valence-corrected chi connectivity index (χ2v) is 7.87. The monoisotopic (exact) mass is 443 g/mol. The standard InChI is InChI=1S/C12H15Br2NO5S/c1-8-5-10(14)11(6-9(8)13)21(18,19)15(3-4-20-2)7-12(16)17/h5-6H,3-4,7H2,1-2H3,(H,16,17). The molecule has 0 saturated heterocycles. The van der Waals surface area contributed by atoms with E-state index in [-0.39, 0.29) is 18.0 Å². The maximum absolute atomic E-state index is 12.6. The summed E-state index contributed by atoms with van der Waals surface area (Å²) in [6.45, 7) is 1.27. The fourth-order valence-corrected chi connectivity index (χ4v) is 4.60. The highest BCUT2D eigenvalue weighted by Gasteiger charge is 2.28. The lowest BCUT2D eigenvalue weighted by atomic mass is 10.2. The second kappa shape index (κ2) is 7.68. The fraction of sp³-hybridized carbons (Fsp3) is 0.417. The molecule has 0 atom stereocenters. The average Bonchev–Trinajstić information content (AvgIpc) is 2.38. The molecule has 21 heavy (non-hydrogen) atoms. The van der Waals surface area contributed by atoms with Crippen molar-refractivity contribution in [2.45, 2.75) is 11.8 Å². The number of ether oxygens (including phenoxy) is 1. The van der Waals surface area contributed by atoms with Gasteiger partial charge in [-0.15, -0.1) is 0 Å². The van der Waals surface area contributed by atoms with Crippen molar-refractivity contribution in [1.82, 2.24) is 4.31 Å². The Morgan fingerprint density at radius 3 is 2.48 bits per heavy atom. The molecule has 1 aromatic rings. The summed E-state index contributed by atoms with van der Waals surface area (Å²) in [6, 6.07) is 3.11. The van der Waals surface area contributed by atoms with Gasteiger partial charge in [0.15, 0.2) is 0 Å². The highest BCUT2D eigenvalue weighted by molar-refractivity contribution is 9.11. The minimum Gasteiger partial charge on any atom is -0.480 e. The van der Waals surface area contributed by atoms with Crippen LogP contribution >= 0.6 is 31.9 Å². The summed E-state index contributed by atoms with van der Waals surface area (Å²) < 4.78 is 32.0. The third-order valence-electron chi connectivity index (χ3n) is 2.69. The van der Waals surface area contributed by atoms with Gasteiger partial charge in [-0.2, -0.15) is 4.31 Å². The van der Waals surface area contributed by atoms with Crippen LogP contribution < -0.4 is 0 Å². The van der Waals surface area contributed by atoms with Gasteiger partial charge < -0.3 is 9.84 Å². The first-order valence-electron chi connectivity index (χ1n) is 5.86. The number of nitrogens with zero attached hydrogens (tertiary/aromatic N) is 1. The number of hydrogen-bond donors (Lipinski definition) is 1. The van der Waals surface area contributed by atoms with Crippen LogP contribution in [-0.2, 0) is 19.6 Å². The summed E-state index contributed by atoms with van der Waals surface area (Å²) in [5, 5.41) is 8.89. The molecule has 0 aliphatic rings. The molecule has 0 radical (unpaired) electrons. The normalized spacial score (nSPS) is 11.9. The largest absolute Gasteiger partial charge is 0.480 e. The van der Waals surface area contributed by atoms with Crippen molar-refractivity contribution >= 4 is 47.9 Å². The summed E-state index contributed by atoms with van der Waals surface area (Å²) in [5.41, 5.74) is 0.863. The highest BCUT2D eigenvalue weighted by Crippen LogP contribution is 2.30. The maximum Gasteiger partial charge on any atom is 0.318 e. The summed E-state index contributed by atoms with van der Waals surface area (Å²) in [5.74, 6) is -1.23. The van der Waals surface area contributed by atoms with Crippen molar-refractivity contribution in [1.29, 1.82) is 0 Å². The predicted molar refractivity (Wildman–Crippen MR) is 84.8 cm³/mol. The molecule has 1 rings (SSSR count). The number of rotatable bonds is 7. The average molecular weight is 445 g/mol. The molecular weight excluding hydrogens is 430 g/mol. The maximum atomic E-state index is 12.6. The summed E-state index contributed by atoms with van der Waals surface area (Å²) in [6.07, 6.45) is 0. The van der Waals surface area contributed by atoms with Gasteiger partial charge in [-0.1, -0.05) is 15.9 Å². The predicted octanol–water partition coefficient (Wildman–Crippen LogP) is 2.24. The topological polar surface area (TPSA) is 83.9 Å². The molecule has 0 fully saturated rings. The van der Waals surface area contributed by atoms with Crippen molar-refractivity contribution in [3.05, 3.63) is 26.6 Å². The summed E-state index contributed by atoms with van der Waals surface area (Å²) >= 11 is 6.49. The lowest BCUT2D eigenvalue weighted by Gasteiger charge is -2.21. The molecule has 0 unspecified atom stereocenters. The van der Waals surface area contributed by atoms with Crippen LogP contribution in [0.2, 0.25) is 0 Å². The van der Waals surface area contributed by atoms with Crippen LogP contribution in [0.5, 0.6) is 0 Å². The molecule has 0 spiro atoms. The third kappa shape index (κ3) is 4.75. The molecule has 0 saturated carbocycles. The van der Waals surface area contributed by atoms with E-state index < -0.39 is 22.5 Å². The van der Waals surface area contributed by atoms with Gasteiger partial charge in [0, 0.05) is 22.6 Å². The van der Waals surface area contributed by atoms with Crippen LogP contribution in [0.1, 0.15) is 5.56 Å². The lowest BCUT2D eigenvalue weighted by molar-refractivity contribution is -0.137. The molecule has 1 aromatic carbocycles. The molecule has 118 valence electrons. The SMILES string of the molecule is COCCN(CC(=O)O)S(=O)(=O)c1cc(Br)c(C)cc1Br. The first-order chi connectivity index (χ1) is 9.70. The fourth-order valence-electron chi connectivity index (χ4n) is 1.59. The number of aryl methyl sites for hydroxylation is 1. The van der Waals surface area contributed by atoms with Crippen molar-refractivity contribution in [2.75, 3.05) is 26.8 Å². The Labute approximate surface area is 140 Å². The first kappa shape index (κ1) is 18.6. The van der Waals surface area contributed by atoms with E-state index in [2.05, 4.69) is 31.9 Å². The number of carboxylic acids is 1. The van der Waals surface area contributed by atoms with Crippen LogP contribution in [0, 0.1) is 6.92 Å². The summed E-state index contributed by atoms with van der Waals surface area (Å²) in [7, 11) is -2.52. The van der Waals surface area contributed by atoms with Gasteiger partial charge in [0.05, 0.1) is 11.5 Å². The van der Waals surface area contributed by atoms with Crippen molar-refractivity contribution in [2.24, 2.45) is 0 Å². The number of methoxy groups -OCH3 is 1. The number of sulfonamides is 1. The smallest absolute Gasteiger partial charge is 0.318 e. The molecule has 6 nitrogen and oxygen atoms in total. The van der Waals surface area contributed by atoms with Crippen molar-refractivity contribution in [3.63, 3.8) is 0 Å². The minimum absolute atomic E-state index is 0.0114. The highest BCUT2D eigenvalue weighted by atomic mass is 79.9. The molecule has 1 N–H and O–H groups in total. The van der Waals surface area contributed by atoms with E-state index in [1.807, 2.05) is 6.92 Å². The minimum atomic E-state index is -3.94. The van der Waals surface area contributed by atoms with Gasteiger partial charge in [-0.05, 0) is 40.5 Å². The van der Waals surface area contributed by atoms with Crippen molar-refractivity contribution < 1.29 is 23.1 Å². The van der Waals surface area contributed by atoms with Gasteiger partial charge >= 0.3 is 5.97 Å². The van der Waals surface area contributed by atoms with Gasteiger partial charge in [-0.3, -0.25) is 4.79 Å². The van der Waals surface area contributed by atoms with Crippen LogP contribution in [0.15, 0.2) is 26.0 Å². The quantitative estimate of drug-likeness (QED) is 0.697. The molecule has 9 heteroatoms. The van der Waals surface area contributed by atoms with E-state index in [1.165, 1.54) is 13.2 Å². The number of halogens is 2. The lowest BCUT2D eigenvalue weighted by Crippen LogP contribution is -2.38. The van der Waals surface area contributed by atoms with Crippen LogP contribution in [0.4, 0.5) is 0 Å². The molecule has 0 aliphatic heterocycles. The van der Waals surface area contributed by atoms with Crippen LogP contribution in [0.25, 0.3) is 0 Å². The zero-order valence-corrected chi connectivity index (χ0v) is 15.5. The zero-order chi connectivity index (χ0) is 16.2. The molecular formula is C12H15Br2NO5S. The van der Waals surface area contributed by atoms with Gasteiger partial charge in [0.1, 0.15) is 6.54 Å². The number of hydrogen-bond acceptors (Lipinski definition) is 4. The van der Waals surface area contributed by atoms with Gasteiger partial charge in [0.25, 0.3) is 0 Å². The molecule has 0 aliphatic carbocycles. The molecule has 0 heterocycles. The summed E-state index contributed by atoms with van der Waals surface area (Å²) in [4.78, 5) is 10.9. The van der Waals surface area contributed by atoms with E-state index in [0.717, 1.165) is 9.87 Å². The van der Waals surface area contributed by atoms with Gasteiger partial charge in [-0.25, -0.2) is 8.42 Å². The van der Waals surface area contributed by atoms with E-state index >= 15 is 0 Å².